The minimum atomic E-state index is -3.58. The van der Waals surface area contributed by atoms with Crippen LogP contribution in [0.3, 0.4) is 0 Å². The topological polar surface area (TPSA) is 66.4 Å². The molecule has 2 N–H and O–H groups in total. The van der Waals surface area contributed by atoms with Gasteiger partial charge in [0, 0.05) is 6.04 Å². The number of nitrogens with one attached hydrogen (secondary N) is 1. The molecule has 2 atom stereocenters. The molecule has 0 fully saturated rings. The van der Waals surface area contributed by atoms with E-state index in [0.29, 0.717) is 4.34 Å². The number of aliphatic hydroxyl groups is 1. The minimum Gasteiger partial charge on any atom is -0.395 e. The predicted octanol–water partition coefficient (Wildman–Crippen LogP) is 2.09. The molecule has 0 radical (unpaired) electrons. The molecule has 1 aromatic heterocycles. The molecule has 1 rings (SSSR count). The van der Waals surface area contributed by atoms with Crippen molar-refractivity contribution in [2.75, 3.05) is 6.61 Å². The Balaban J connectivity index is 2.85. The number of halogens is 1. The normalized spacial score (nSPS) is 15.8. The third-order valence-corrected chi connectivity index (χ3v) is 5.86. The predicted molar refractivity (Wildman–Crippen MR) is 70.0 cm³/mol. The Morgan fingerprint density at radius 2 is 2.18 bits per heavy atom. The Hall–Kier alpha value is -0.140. The van der Waals surface area contributed by atoms with Gasteiger partial charge in [-0.25, -0.2) is 13.1 Å². The molecule has 0 saturated carbocycles. The van der Waals surface area contributed by atoms with Crippen molar-refractivity contribution in [1.82, 2.24) is 4.72 Å². The van der Waals surface area contributed by atoms with Gasteiger partial charge in [0.1, 0.15) is 4.21 Å². The van der Waals surface area contributed by atoms with Crippen LogP contribution in [0.1, 0.15) is 20.3 Å². The molecule has 4 nitrogen and oxygen atoms in total. The summed E-state index contributed by atoms with van der Waals surface area (Å²) >= 11 is 6.70. The summed E-state index contributed by atoms with van der Waals surface area (Å²) in [6, 6.07) is 2.53. The molecule has 1 aromatic rings. The fourth-order valence-corrected chi connectivity index (χ4v) is 4.15. The lowest BCUT2D eigenvalue weighted by molar-refractivity contribution is 0.219. The summed E-state index contributed by atoms with van der Waals surface area (Å²) in [6.07, 6.45) is 0.791. The number of rotatable bonds is 6. The van der Waals surface area contributed by atoms with Gasteiger partial charge in [-0.15, -0.1) is 11.3 Å². The lowest BCUT2D eigenvalue weighted by atomic mass is 10.0. The second-order valence-corrected chi connectivity index (χ2v) is 7.51. The van der Waals surface area contributed by atoms with E-state index in [0.717, 1.165) is 17.8 Å². The van der Waals surface area contributed by atoms with Crippen molar-refractivity contribution in [1.29, 1.82) is 0 Å². The van der Waals surface area contributed by atoms with Crippen molar-refractivity contribution >= 4 is 33.0 Å². The second kappa shape index (κ2) is 6.15. The highest BCUT2D eigenvalue weighted by Gasteiger charge is 2.24. The van der Waals surface area contributed by atoms with Crippen molar-refractivity contribution in [3.8, 4) is 0 Å². The maximum Gasteiger partial charge on any atom is 0.250 e. The van der Waals surface area contributed by atoms with Crippen molar-refractivity contribution < 1.29 is 13.5 Å². The first-order valence-corrected chi connectivity index (χ1v) is 7.97. The van der Waals surface area contributed by atoms with Crippen molar-refractivity contribution in [2.45, 2.75) is 30.5 Å². The average Bonchev–Trinajstić information content (AvgIpc) is 2.72. The second-order valence-electron chi connectivity index (χ2n) is 3.85. The van der Waals surface area contributed by atoms with Gasteiger partial charge in [0.05, 0.1) is 10.9 Å². The molecule has 0 saturated heterocycles. The first kappa shape index (κ1) is 14.9. The third-order valence-electron chi connectivity index (χ3n) is 2.65. The fraction of sp³-hybridized carbons (Fsp3) is 0.600. The van der Waals surface area contributed by atoms with Gasteiger partial charge in [-0.1, -0.05) is 31.9 Å². The highest BCUT2D eigenvalue weighted by Crippen LogP contribution is 2.26. The van der Waals surface area contributed by atoms with Crippen molar-refractivity contribution in [3.63, 3.8) is 0 Å². The molecule has 0 amide bonds. The van der Waals surface area contributed by atoms with Crippen LogP contribution in [0.4, 0.5) is 0 Å². The SMILES string of the molecule is CC[C@@H](C)[C@H](CO)NS(=O)(=O)c1ccc(Cl)s1. The van der Waals surface area contributed by atoms with Crippen LogP contribution >= 0.6 is 22.9 Å². The molecule has 0 aliphatic heterocycles. The molecule has 1 heterocycles. The largest absolute Gasteiger partial charge is 0.395 e. The summed E-state index contributed by atoms with van der Waals surface area (Å²) in [5, 5.41) is 9.19. The Morgan fingerprint density at radius 1 is 1.53 bits per heavy atom. The number of aliphatic hydroxyl groups excluding tert-OH is 1. The maximum atomic E-state index is 12.0. The zero-order valence-electron chi connectivity index (χ0n) is 9.68. The van der Waals surface area contributed by atoms with Crippen LogP contribution in [-0.2, 0) is 10.0 Å². The van der Waals surface area contributed by atoms with Gasteiger partial charge in [-0.05, 0) is 18.1 Å². The molecule has 0 spiro atoms. The summed E-state index contributed by atoms with van der Waals surface area (Å²) < 4.78 is 27.0. The van der Waals surface area contributed by atoms with Crippen LogP contribution < -0.4 is 4.72 Å². The molecule has 0 aromatic carbocycles. The highest BCUT2D eigenvalue weighted by molar-refractivity contribution is 7.91. The Morgan fingerprint density at radius 3 is 2.59 bits per heavy atom. The summed E-state index contributed by atoms with van der Waals surface area (Å²) in [6.45, 7) is 3.63. The molecule has 17 heavy (non-hydrogen) atoms. The summed E-state index contributed by atoms with van der Waals surface area (Å²) in [7, 11) is -3.58. The first-order valence-electron chi connectivity index (χ1n) is 5.29. The molecular formula is C10H16ClNO3S2. The standard InChI is InChI=1S/C10H16ClNO3S2/c1-3-7(2)8(6-13)12-17(14,15)10-5-4-9(11)16-10/h4-5,7-8,12-13H,3,6H2,1-2H3/t7-,8+/m1/s1. The highest BCUT2D eigenvalue weighted by atomic mass is 35.5. The van der Waals surface area contributed by atoms with E-state index in [1.165, 1.54) is 12.1 Å². The van der Waals surface area contributed by atoms with E-state index in [9.17, 15) is 13.5 Å². The lowest BCUT2D eigenvalue weighted by Gasteiger charge is -2.21. The molecule has 0 bridgehead atoms. The van der Waals surface area contributed by atoms with E-state index in [-0.39, 0.29) is 16.7 Å². The number of sulfonamides is 1. The molecule has 0 aliphatic carbocycles. The van der Waals surface area contributed by atoms with Crippen molar-refractivity contribution in [2.24, 2.45) is 5.92 Å². The molecular weight excluding hydrogens is 282 g/mol. The fourth-order valence-electron chi connectivity index (χ4n) is 1.32. The van der Waals surface area contributed by atoms with E-state index in [1.54, 1.807) is 0 Å². The van der Waals surface area contributed by atoms with Crippen LogP contribution in [0.2, 0.25) is 4.34 Å². The van der Waals surface area contributed by atoms with Crippen LogP contribution in [0.5, 0.6) is 0 Å². The maximum absolute atomic E-state index is 12.0. The monoisotopic (exact) mass is 297 g/mol. The van der Waals surface area contributed by atoms with E-state index in [4.69, 9.17) is 11.6 Å². The minimum absolute atomic E-state index is 0.0743. The average molecular weight is 298 g/mol. The Kier molecular flexibility index (Phi) is 5.40. The zero-order chi connectivity index (χ0) is 13.1. The van der Waals surface area contributed by atoms with Gasteiger partial charge < -0.3 is 5.11 Å². The van der Waals surface area contributed by atoms with Gasteiger partial charge in [-0.2, -0.15) is 0 Å². The van der Waals surface area contributed by atoms with E-state index in [2.05, 4.69) is 4.72 Å². The first-order chi connectivity index (χ1) is 7.90. The third kappa shape index (κ3) is 3.93. The lowest BCUT2D eigenvalue weighted by Crippen LogP contribution is -2.41. The van der Waals surface area contributed by atoms with E-state index >= 15 is 0 Å². The van der Waals surface area contributed by atoms with Gasteiger partial charge in [-0.3, -0.25) is 0 Å². The van der Waals surface area contributed by atoms with E-state index in [1.807, 2.05) is 13.8 Å². The van der Waals surface area contributed by atoms with Crippen LogP contribution in [0.25, 0.3) is 0 Å². The van der Waals surface area contributed by atoms with E-state index < -0.39 is 16.1 Å². The van der Waals surface area contributed by atoms with Gasteiger partial charge >= 0.3 is 0 Å². The molecule has 0 unspecified atom stereocenters. The van der Waals surface area contributed by atoms with Gasteiger partial charge in [0.2, 0.25) is 10.0 Å². The number of thiophene rings is 1. The Bertz CT molecular complexity index is 458. The summed E-state index contributed by atoms with van der Waals surface area (Å²) in [4.78, 5) is 0. The smallest absolute Gasteiger partial charge is 0.250 e. The number of hydrogen-bond donors (Lipinski definition) is 2. The molecule has 7 heteroatoms. The zero-order valence-corrected chi connectivity index (χ0v) is 12.1. The Labute approximate surface area is 111 Å². The van der Waals surface area contributed by atoms with Crippen molar-refractivity contribution in [3.05, 3.63) is 16.5 Å². The van der Waals surface area contributed by atoms with Gasteiger partial charge in [0.15, 0.2) is 0 Å². The van der Waals surface area contributed by atoms with Gasteiger partial charge in [0.25, 0.3) is 0 Å². The van der Waals surface area contributed by atoms with Crippen LogP contribution in [0, 0.1) is 5.92 Å². The number of hydrogen-bond acceptors (Lipinski definition) is 4. The molecule has 98 valence electrons. The summed E-state index contributed by atoms with van der Waals surface area (Å²) in [5.41, 5.74) is 0. The molecule has 0 aliphatic rings. The van der Waals surface area contributed by atoms with Crippen LogP contribution in [-0.4, -0.2) is 26.2 Å². The summed E-state index contributed by atoms with van der Waals surface area (Å²) in [5.74, 6) is 0.0743. The van der Waals surface area contributed by atoms with Crippen LogP contribution in [0.15, 0.2) is 16.3 Å². The quantitative estimate of drug-likeness (QED) is 0.845.